The van der Waals surface area contributed by atoms with Crippen LogP contribution in [0, 0.1) is 5.92 Å². The maximum absolute atomic E-state index is 11.0. The minimum Gasteiger partial charge on any atom is -0.508 e. The van der Waals surface area contributed by atoms with Crippen LogP contribution in [0.5, 0.6) is 17.2 Å². The van der Waals surface area contributed by atoms with Gasteiger partial charge in [0.25, 0.3) is 0 Å². The number of phenolic OH excluding ortho intramolecular Hbond substituents is 3. The Morgan fingerprint density at radius 2 is 1.75 bits per heavy atom. The normalized spacial score (nSPS) is 17.2. The Morgan fingerprint density at radius 1 is 1.25 bits per heavy atom. The molecule has 0 saturated carbocycles. The van der Waals surface area contributed by atoms with Gasteiger partial charge in [-0.1, -0.05) is 13.8 Å². The fourth-order valence-corrected chi connectivity index (χ4v) is 2.25. The van der Waals surface area contributed by atoms with Crippen LogP contribution < -0.4 is 5.73 Å². The highest BCUT2D eigenvalue weighted by Gasteiger charge is 2.33. The van der Waals surface area contributed by atoms with Gasteiger partial charge in [0, 0.05) is 5.56 Å². The molecule has 0 aliphatic rings. The van der Waals surface area contributed by atoms with Gasteiger partial charge in [0.15, 0.2) is 11.5 Å². The van der Waals surface area contributed by atoms with Crippen molar-refractivity contribution in [2.24, 2.45) is 11.7 Å². The van der Waals surface area contributed by atoms with E-state index in [4.69, 9.17) is 10.8 Å². The van der Waals surface area contributed by atoms with Gasteiger partial charge in [0.05, 0.1) is 0 Å². The average Bonchev–Trinajstić information content (AvgIpc) is 2.33. The molecule has 20 heavy (non-hydrogen) atoms. The number of benzene rings is 1. The van der Waals surface area contributed by atoms with Crippen LogP contribution >= 0.6 is 0 Å². The van der Waals surface area contributed by atoms with E-state index < -0.39 is 17.3 Å². The van der Waals surface area contributed by atoms with E-state index in [1.54, 1.807) is 13.8 Å². The Morgan fingerprint density at radius 3 is 2.25 bits per heavy atom. The summed E-state index contributed by atoms with van der Waals surface area (Å²) in [6, 6.07) is 2.47. The molecule has 0 spiro atoms. The lowest BCUT2D eigenvalue weighted by molar-refractivity contribution is -0.143. The second kappa shape index (κ2) is 5.58. The molecule has 1 rings (SSSR count). The minimum absolute atomic E-state index is 0.145. The number of hydrogen-bond donors (Lipinski definition) is 5. The van der Waals surface area contributed by atoms with Crippen LogP contribution in [-0.4, -0.2) is 31.9 Å². The third kappa shape index (κ3) is 3.14. The Bertz CT molecular complexity index is 513. The molecule has 0 heterocycles. The van der Waals surface area contributed by atoms with E-state index >= 15 is 0 Å². The average molecular weight is 283 g/mol. The van der Waals surface area contributed by atoms with Crippen LogP contribution in [0.25, 0.3) is 0 Å². The number of aliphatic carboxylic acids is 1. The molecular weight excluding hydrogens is 262 g/mol. The van der Waals surface area contributed by atoms with Gasteiger partial charge in [-0.15, -0.1) is 0 Å². The molecule has 0 radical (unpaired) electrons. The molecule has 0 bridgehead atoms. The van der Waals surface area contributed by atoms with Crippen molar-refractivity contribution in [2.75, 3.05) is 0 Å². The highest BCUT2D eigenvalue weighted by atomic mass is 16.4. The largest absolute Gasteiger partial charge is 0.508 e. The highest BCUT2D eigenvalue weighted by molar-refractivity contribution is 5.77. The second-order valence-electron chi connectivity index (χ2n) is 5.56. The lowest BCUT2D eigenvalue weighted by atomic mass is 9.80. The van der Waals surface area contributed by atoms with Gasteiger partial charge < -0.3 is 26.2 Å². The van der Waals surface area contributed by atoms with Gasteiger partial charge in [-0.3, -0.25) is 4.79 Å². The van der Waals surface area contributed by atoms with Crippen LogP contribution in [0.15, 0.2) is 12.1 Å². The Kier molecular flexibility index (Phi) is 4.50. The fourth-order valence-electron chi connectivity index (χ4n) is 2.25. The maximum Gasteiger partial charge on any atom is 0.323 e. The molecule has 6 N–H and O–H groups in total. The molecule has 0 aliphatic heterocycles. The first-order valence-electron chi connectivity index (χ1n) is 6.34. The van der Waals surface area contributed by atoms with Crippen LogP contribution in [-0.2, 0) is 4.79 Å². The van der Waals surface area contributed by atoms with Gasteiger partial charge in [0.1, 0.15) is 11.3 Å². The fraction of sp³-hybridized carbons (Fsp3) is 0.500. The minimum atomic E-state index is -1.39. The van der Waals surface area contributed by atoms with Crippen LogP contribution in [0.4, 0.5) is 0 Å². The van der Waals surface area contributed by atoms with E-state index in [1.807, 2.05) is 0 Å². The summed E-state index contributed by atoms with van der Waals surface area (Å²) in [5, 5.41) is 38.2. The van der Waals surface area contributed by atoms with Gasteiger partial charge in [0.2, 0.25) is 0 Å². The molecule has 0 amide bonds. The summed E-state index contributed by atoms with van der Waals surface area (Å²) in [6.45, 7) is 4.93. The van der Waals surface area contributed by atoms with Crippen LogP contribution in [0.3, 0.4) is 0 Å². The summed E-state index contributed by atoms with van der Waals surface area (Å²) in [7, 11) is 0. The van der Waals surface area contributed by atoms with Crippen molar-refractivity contribution < 1.29 is 25.2 Å². The molecule has 1 aromatic rings. The summed E-state index contributed by atoms with van der Waals surface area (Å²) in [6.07, 6.45) is 0.165. The monoisotopic (exact) mass is 283 g/mol. The van der Waals surface area contributed by atoms with Crippen molar-refractivity contribution in [1.82, 2.24) is 0 Å². The van der Waals surface area contributed by atoms with E-state index in [-0.39, 0.29) is 35.3 Å². The predicted octanol–water partition coefficient (Wildman–Crippen LogP) is 1.74. The van der Waals surface area contributed by atoms with Crippen molar-refractivity contribution in [3.8, 4) is 17.2 Å². The molecular formula is C14H21NO5. The quantitative estimate of drug-likeness (QED) is 0.414. The Labute approximate surface area is 117 Å². The number of carboxylic acid groups (broad SMARTS) is 1. The molecule has 1 aromatic carbocycles. The number of aromatic hydroxyl groups is 3. The van der Waals surface area contributed by atoms with Crippen molar-refractivity contribution in [1.29, 1.82) is 0 Å². The number of carbonyl (C=O) groups is 1. The number of nitrogens with two attached hydrogens (primary N) is 1. The van der Waals surface area contributed by atoms with Crippen molar-refractivity contribution in [2.45, 2.75) is 38.6 Å². The second-order valence-corrected chi connectivity index (χ2v) is 5.56. The Balaban J connectivity index is 3.04. The predicted molar refractivity (Wildman–Crippen MR) is 73.9 cm³/mol. The van der Waals surface area contributed by atoms with E-state index in [0.29, 0.717) is 0 Å². The lowest BCUT2D eigenvalue weighted by Crippen LogP contribution is -2.46. The molecule has 0 aliphatic carbocycles. The van der Waals surface area contributed by atoms with Crippen molar-refractivity contribution >= 4 is 5.97 Å². The van der Waals surface area contributed by atoms with Gasteiger partial charge >= 0.3 is 5.97 Å². The lowest BCUT2D eigenvalue weighted by Gasteiger charge is -2.28. The first kappa shape index (κ1) is 16.1. The summed E-state index contributed by atoms with van der Waals surface area (Å²) in [5.41, 5.74) is 4.51. The summed E-state index contributed by atoms with van der Waals surface area (Å²) in [5.74, 6) is -2.57. The first-order chi connectivity index (χ1) is 9.08. The molecule has 3 unspecified atom stereocenters. The highest BCUT2D eigenvalue weighted by Crippen LogP contribution is 2.43. The van der Waals surface area contributed by atoms with E-state index in [0.717, 1.165) is 0 Å². The third-order valence-corrected chi connectivity index (χ3v) is 3.72. The molecule has 6 nitrogen and oxygen atoms in total. The summed E-state index contributed by atoms with van der Waals surface area (Å²) < 4.78 is 0. The number of hydrogen-bond acceptors (Lipinski definition) is 5. The summed E-state index contributed by atoms with van der Waals surface area (Å²) >= 11 is 0. The topological polar surface area (TPSA) is 124 Å². The maximum atomic E-state index is 11.0. The zero-order chi connectivity index (χ0) is 15.7. The standard InChI is InChI=1S/C14H21NO5/c1-7(6-14(3,15)13(19)20)8(2)11-9(16)4-5-10(17)12(11)18/h4-5,7-8,16-18H,6,15H2,1-3H3,(H,19,20). The summed E-state index contributed by atoms with van der Waals surface area (Å²) in [4.78, 5) is 11.0. The molecule has 0 fully saturated rings. The molecule has 6 heteroatoms. The van der Waals surface area contributed by atoms with Gasteiger partial charge in [-0.25, -0.2) is 0 Å². The third-order valence-electron chi connectivity index (χ3n) is 3.72. The number of rotatable bonds is 5. The first-order valence-corrected chi connectivity index (χ1v) is 6.34. The van der Waals surface area contributed by atoms with Crippen molar-refractivity contribution in [3.05, 3.63) is 17.7 Å². The van der Waals surface area contributed by atoms with Crippen LogP contribution in [0.2, 0.25) is 0 Å². The van der Waals surface area contributed by atoms with Gasteiger partial charge in [-0.05, 0) is 37.3 Å². The molecule has 112 valence electrons. The van der Waals surface area contributed by atoms with E-state index in [1.165, 1.54) is 19.1 Å². The van der Waals surface area contributed by atoms with E-state index in [2.05, 4.69) is 0 Å². The molecule has 0 saturated heterocycles. The van der Waals surface area contributed by atoms with Crippen LogP contribution in [0.1, 0.15) is 38.7 Å². The molecule has 3 atom stereocenters. The zero-order valence-electron chi connectivity index (χ0n) is 11.8. The van der Waals surface area contributed by atoms with Gasteiger partial charge in [-0.2, -0.15) is 0 Å². The number of carboxylic acids is 1. The smallest absolute Gasteiger partial charge is 0.323 e. The Hall–Kier alpha value is -1.95. The zero-order valence-corrected chi connectivity index (χ0v) is 11.8. The SMILES string of the molecule is CC(CC(C)(N)C(=O)O)C(C)c1c(O)ccc(O)c1O. The molecule has 0 aromatic heterocycles. The number of phenols is 3. The van der Waals surface area contributed by atoms with E-state index in [9.17, 15) is 20.1 Å². The van der Waals surface area contributed by atoms with Crippen molar-refractivity contribution in [3.63, 3.8) is 0 Å².